The van der Waals surface area contributed by atoms with Crippen molar-refractivity contribution in [3.8, 4) is 0 Å². The van der Waals surface area contributed by atoms with Crippen LogP contribution in [-0.2, 0) is 6.42 Å². The molecule has 0 aliphatic heterocycles. The monoisotopic (exact) mass is 260 g/mol. The van der Waals surface area contributed by atoms with Crippen LogP contribution in [0.5, 0.6) is 0 Å². The van der Waals surface area contributed by atoms with E-state index in [1.807, 2.05) is 6.07 Å². The molecule has 8 nitrogen and oxygen atoms in total. The Hall–Kier alpha value is -2.64. The first kappa shape index (κ1) is 11.5. The Labute approximate surface area is 107 Å². The number of benzene rings is 1. The highest BCUT2D eigenvalue weighted by molar-refractivity contribution is 5.94. The van der Waals surface area contributed by atoms with Crippen LogP contribution in [0.15, 0.2) is 21.3 Å². The summed E-state index contributed by atoms with van der Waals surface area (Å²) in [5, 5.41) is 14.6. The molecule has 2 heterocycles. The molecule has 98 valence electrons. The third-order valence-electron chi connectivity index (χ3n) is 2.68. The van der Waals surface area contributed by atoms with E-state index in [9.17, 15) is 0 Å². The van der Waals surface area contributed by atoms with Gasteiger partial charge in [0.15, 0.2) is 16.9 Å². The van der Waals surface area contributed by atoms with E-state index in [0.717, 1.165) is 5.69 Å². The molecular formula is C11H12N6O2. The van der Waals surface area contributed by atoms with E-state index in [4.69, 9.17) is 14.9 Å². The quantitative estimate of drug-likeness (QED) is 0.671. The molecule has 0 spiro atoms. The van der Waals surface area contributed by atoms with Gasteiger partial charge in [0.05, 0.1) is 11.4 Å². The molecule has 0 amide bonds. The Bertz CT molecular complexity index is 704. The van der Waals surface area contributed by atoms with Crippen molar-refractivity contribution in [2.24, 2.45) is 0 Å². The Morgan fingerprint density at radius 3 is 2.84 bits per heavy atom. The van der Waals surface area contributed by atoms with Crippen molar-refractivity contribution in [3.05, 3.63) is 23.8 Å². The van der Waals surface area contributed by atoms with Gasteiger partial charge in [0.25, 0.3) is 0 Å². The number of aryl methyl sites for hydroxylation is 1. The first-order valence-electron chi connectivity index (χ1n) is 5.78. The highest BCUT2D eigenvalue weighted by Gasteiger charge is 2.10. The van der Waals surface area contributed by atoms with Gasteiger partial charge >= 0.3 is 0 Å². The second-order valence-electron chi connectivity index (χ2n) is 4.07. The standard InChI is InChI=1S/C11H12N6O2/c1-6-14-9(15-18-6)4-5-13-8-3-2-7(12)10-11(8)17-19-16-10/h2-3,13H,4-5,12H2,1H3. The smallest absolute Gasteiger partial charge is 0.223 e. The van der Waals surface area contributed by atoms with Crippen molar-refractivity contribution in [3.63, 3.8) is 0 Å². The maximum absolute atomic E-state index is 5.77. The van der Waals surface area contributed by atoms with Crippen molar-refractivity contribution in [2.45, 2.75) is 13.3 Å². The van der Waals surface area contributed by atoms with Crippen LogP contribution >= 0.6 is 0 Å². The lowest BCUT2D eigenvalue weighted by Crippen LogP contribution is -2.06. The third-order valence-corrected chi connectivity index (χ3v) is 2.68. The molecule has 0 radical (unpaired) electrons. The highest BCUT2D eigenvalue weighted by Crippen LogP contribution is 2.24. The van der Waals surface area contributed by atoms with Crippen LogP contribution in [0.25, 0.3) is 11.0 Å². The van der Waals surface area contributed by atoms with Gasteiger partial charge in [-0.05, 0) is 22.4 Å². The first-order valence-corrected chi connectivity index (χ1v) is 5.78. The van der Waals surface area contributed by atoms with Crippen molar-refractivity contribution in [2.75, 3.05) is 17.6 Å². The maximum Gasteiger partial charge on any atom is 0.223 e. The van der Waals surface area contributed by atoms with Crippen LogP contribution in [0.4, 0.5) is 11.4 Å². The van der Waals surface area contributed by atoms with Gasteiger partial charge in [0, 0.05) is 19.9 Å². The van der Waals surface area contributed by atoms with E-state index in [1.165, 1.54) is 0 Å². The fourth-order valence-corrected chi connectivity index (χ4v) is 1.78. The lowest BCUT2D eigenvalue weighted by molar-refractivity contribution is 0.316. The molecule has 3 aromatic rings. The maximum atomic E-state index is 5.77. The van der Waals surface area contributed by atoms with Gasteiger partial charge in [-0.15, -0.1) is 0 Å². The van der Waals surface area contributed by atoms with Gasteiger partial charge in [-0.1, -0.05) is 5.16 Å². The summed E-state index contributed by atoms with van der Waals surface area (Å²) in [7, 11) is 0. The van der Waals surface area contributed by atoms with E-state index in [2.05, 4.69) is 25.8 Å². The lowest BCUT2D eigenvalue weighted by atomic mass is 10.2. The molecule has 0 fully saturated rings. The van der Waals surface area contributed by atoms with Crippen molar-refractivity contribution >= 4 is 22.4 Å². The minimum Gasteiger partial charge on any atom is -0.397 e. The van der Waals surface area contributed by atoms with Crippen molar-refractivity contribution in [1.82, 2.24) is 20.5 Å². The Morgan fingerprint density at radius 1 is 1.21 bits per heavy atom. The molecule has 0 aliphatic rings. The van der Waals surface area contributed by atoms with Gasteiger partial charge in [-0.2, -0.15) is 4.98 Å². The number of rotatable bonds is 4. The minimum atomic E-state index is 0.538. The minimum absolute atomic E-state index is 0.538. The van der Waals surface area contributed by atoms with Gasteiger partial charge in [0.2, 0.25) is 5.89 Å². The Kier molecular flexibility index (Phi) is 2.75. The number of nitrogens with one attached hydrogen (secondary N) is 1. The molecule has 0 unspecified atom stereocenters. The lowest BCUT2D eigenvalue weighted by Gasteiger charge is -2.05. The molecule has 0 bridgehead atoms. The number of aromatic nitrogens is 4. The number of nitrogen functional groups attached to an aromatic ring is 1. The fraction of sp³-hybridized carbons (Fsp3) is 0.273. The zero-order valence-corrected chi connectivity index (χ0v) is 10.3. The first-order chi connectivity index (χ1) is 9.24. The second kappa shape index (κ2) is 4.56. The van der Waals surface area contributed by atoms with Crippen LogP contribution in [-0.4, -0.2) is 27.0 Å². The Morgan fingerprint density at radius 2 is 2.05 bits per heavy atom. The fourth-order valence-electron chi connectivity index (χ4n) is 1.78. The molecule has 2 aromatic heterocycles. The van der Waals surface area contributed by atoms with Gasteiger partial charge in [-0.3, -0.25) is 0 Å². The number of hydrogen-bond donors (Lipinski definition) is 2. The van der Waals surface area contributed by atoms with Crippen LogP contribution in [0, 0.1) is 6.92 Å². The summed E-state index contributed by atoms with van der Waals surface area (Å²) in [6.07, 6.45) is 0.647. The summed E-state index contributed by atoms with van der Waals surface area (Å²) in [5.74, 6) is 1.22. The van der Waals surface area contributed by atoms with E-state index >= 15 is 0 Å². The molecule has 0 atom stereocenters. The van der Waals surface area contributed by atoms with Gasteiger partial charge < -0.3 is 15.6 Å². The van der Waals surface area contributed by atoms with Gasteiger partial charge in [0.1, 0.15) is 0 Å². The van der Waals surface area contributed by atoms with Crippen molar-refractivity contribution < 1.29 is 9.15 Å². The predicted molar refractivity (Wildman–Crippen MR) is 67.4 cm³/mol. The number of nitrogens with two attached hydrogens (primary N) is 1. The summed E-state index contributed by atoms with van der Waals surface area (Å²) in [6.45, 7) is 2.40. The number of hydrogen-bond acceptors (Lipinski definition) is 8. The van der Waals surface area contributed by atoms with E-state index in [1.54, 1.807) is 13.0 Å². The SMILES string of the molecule is Cc1nc(CCNc2ccc(N)c3nonc23)no1. The van der Waals surface area contributed by atoms with Crippen LogP contribution in [0.3, 0.4) is 0 Å². The van der Waals surface area contributed by atoms with Crippen LogP contribution in [0.1, 0.15) is 11.7 Å². The van der Waals surface area contributed by atoms with Gasteiger partial charge in [-0.25, -0.2) is 4.63 Å². The topological polar surface area (TPSA) is 116 Å². The number of nitrogens with zero attached hydrogens (tertiary/aromatic N) is 4. The highest BCUT2D eigenvalue weighted by atomic mass is 16.6. The summed E-state index contributed by atoms with van der Waals surface area (Å²) < 4.78 is 9.59. The molecule has 19 heavy (non-hydrogen) atoms. The molecule has 8 heteroatoms. The van der Waals surface area contributed by atoms with Crippen LogP contribution < -0.4 is 11.1 Å². The summed E-state index contributed by atoms with van der Waals surface area (Å²) in [6, 6.07) is 3.59. The summed E-state index contributed by atoms with van der Waals surface area (Å²) >= 11 is 0. The zero-order chi connectivity index (χ0) is 13.2. The van der Waals surface area contributed by atoms with E-state index in [0.29, 0.717) is 41.4 Å². The summed E-state index contributed by atoms with van der Waals surface area (Å²) in [5.41, 5.74) is 8.29. The van der Waals surface area contributed by atoms with E-state index < -0.39 is 0 Å². The number of anilines is 2. The molecular weight excluding hydrogens is 248 g/mol. The largest absolute Gasteiger partial charge is 0.397 e. The molecule has 0 saturated heterocycles. The van der Waals surface area contributed by atoms with Crippen LogP contribution in [0.2, 0.25) is 0 Å². The molecule has 1 aromatic carbocycles. The zero-order valence-electron chi connectivity index (χ0n) is 10.3. The second-order valence-corrected chi connectivity index (χ2v) is 4.07. The molecule has 3 rings (SSSR count). The molecule has 0 saturated carbocycles. The average Bonchev–Trinajstić information content (AvgIpc) is 3.02. The molecule has 0 aliphatic carbocycles. The Balaban J connectivity index is 1.72. The van der Waals surface area contributed by atoms with E-state index in [-0.39, 0.29) is 0 Å². The average molecular weight is 260 g/mol. The summed E-state index contributed by atoms with van der Waals surface area (Å²) in [4.78, 5) is 4.12. The van der Waals surface area contributed by atoms with Crippen molar-refractivity contribution in [1.29, 1.82) is 0 Å². The molecule has 3 N–H and O–H groups in total. The predicted octanol–water partition coefficient (Wildman–Crippen LogP) is 1.15. The number of fused-ring (bicyclic) bond motifs is 1. The normalized spacial score (nSPS) is 11.0. The third kappa shape index (κ3) is 2.19.